The second-order valence-electron chi connectivity index (χ2n) is 7.22. The van der Waals surface area contributed by atoms with Gasteiger partial charge in [0, 0.05) is 11.4 Å². The number of carbonyl (C=O) groups excluding carboxylic acids is 1. The van der Waals surface area contributed by atoms with Crippen LogP contribution in [0.3, 0.4) is 0 Å². The van der Waals surface area contributed by atoms with E-state index in [1.807, 2.05) is 73.1 Å². The number of nitrogens with zero attached hydrogens (tertiary/aromatic N) is 4. The fourth-order valence-electron chi connectivity index (χ4n) is 3.52. The molecule has 2 aromatic carbocycles. The Morgan fingerprint density at radius 2 is 1.80 bits per heavy atom. The van der Waals surface area contributed by atoms with E-state index in [1.54, 1.807) is 6.07 Å². The molecule has 0 aliphatic carbocycles. The van der Waals surface area contributed by atoms with E-state index in [4.69, 9.17) is 5.26 Å². The molecule has 1 amide bonds. The second kappa shape index (κ2) is 8.18. The zero-order valence-corrected chi connectivity index (χ0v) is 16.9. The van der Waals surface area contributed by atoms with Crippen LogP contribution in [0.1, 0.15) is 32.9 Å². The number of pyridine rings is 1. The van der Waals surface area contributed by atoms with Crippen LogP contribution in [0.5, 0.6) is 0 Å². The monoisotopic (exact) mass is 395 g/mol. The third kappa shape index (κ3) is 3.91. The van der Waals surface area contributed by atoms with Crippen molar-refractivity contribution in [1.29, 1.82) is 5.26 Å². The first kappa shape index (κ1) is 19.3. The zero-order chi connectivity index (χ0) is 21.1. The van der Waals surface area contributed by atoms with Crippen LogP contribution < -0.4 is 5.32 Å². The van der Waals surface area contributed by atoms with Gasteiger partial charge in [-0.3, -0.25) is 4.79 Å². The van der Waals surface area contributed by atoms with Crippen molar-refractivity contribution >= 4 is 22.6 Å². The molecular formula is C24H21N5O. The van der Waals surface area contributed by atoms with Gasteiger partial charge in [0.25, 0.3) is 5.91 Å². The third-order valence-electron chi connectivity index (χ3n) is 4.92. The lowest BCUT2D eigenvalue weighted by molar-refractivity contribution is 0.102. The number of anilines is 1. The van der Waals surface area contributed by atoms with Crippen molar-refractivity contribution in [3.05, 3.63) is 88.7 Å². The molecule has 0 aliphatic heterocycles. The van der Waals surface area contributed by atoms with E-state index < -0.39 is 0 Å². The summed E-state index contributed by atoms with van der Waals surface area (Å²) in [5, 5.41) is 17.2. The predicted molar refractivity (Wildman–Crippen MR) is 116 cm³/mol. The average Bonchev–Trinajstić information content (AvgIpc) is 3.05. The lowest BCUT2D eigenvalue weighted by Gasteiger charge is -2.09. The summed E-state index contributed by atoms with van der Waals surface area (Å²) in [7, 11) is 0. The standard InChI is InChI=1S/C24H21N5O/c1-16-14-21(24(30)27-20-10-8-18(9-11-20)12-13-25)22-17(2)28-29(23(22)26-16)15-19-6-4-3-5-7-19/h3-11,14H,12,15H2,1-2H3,(H,27,30). The first-order chi connectivity index (χ1) is 14.5. The predicted octanol–water partition coefficient (Wildman–Crippen LogP) is 4.41. The van der Waals surface area contributed by atoms with Crippen molar-refractivity contribution in [2.45, 2.75) is 26.8 Å². The fourth-order valence-corrected chi connectivity index (χ4v) is 3.52. The van der Waals surface area contributed by atoms with E-state index in [9.17, 15) is 4.79 Å². The van der Waals surface area contributed by atoms with Crippen LogP contribution in [0.2, 0.25) is 0 Å². The number of rotatable bonds is 5. The Labute approximate surface area is 174 Å². The highest BCUT2D eigenvalue weighted by atomic mass is 16.1. The Kier molecular flexibility index (Phi) is 5.27. The summed E-state index contributed by atoms with van der Waals surface area (Å²) < 4.78 is 1.85. The van der Waals surface area contributed by atoms with Crippen LogP contribution in [0.15, 0.2) is 60.7 Å². The van der Waals surface area contributed by atoms with Crippen LogP contribution >= 0.6 is 0 Å². The molecule has 0 saturated carbocycles. The number of benzene rings is 2. The summed E-state index contributed by atoms with van der Waals surface area (Å²) >= 11 is 0. The van der Waals surface area contributed by atoms with Gasteiger partial charge in [0.2, 0.25) is 0 Å². The van der Waals surface area contributed by atoms with Crippen molar-refractivity contribution in [2.24, 2.45) is 0 Å². The van der Waals surface area contributed by atoms with Gasteiger partial charge in [0.05, 0.1) is 35.7 Å². The number of nitrogens with one attached hydrogen (secondary N) is 1. The van der Waals surface area contributed by atoms with Gasteiger partial charge in [0.15, 0.2) is 5.65 Å². The third-order valence-corrected chi connectivity index (χ3v) is 4.92. The summed E-state index contributed by atoms with van der Waals surface area (Å²) in [5.74, 6) is -0.208. The molecule has 0 unspecified atom stereocenters. The number of amides is 1. The number of hydrogen-bond donors (Lipinski definition) is 1. The van der Waals surface area contributed by atoms with E-state index in [-0.39, 0.29) is 5.91 Å². The summed E-state index contributed by atoms with van der Waals surface area (Å²) in [5.41, 5.74) is 5.48. The highest BCUT2D eigenvalue weighted by Crippen LogP contribution is 2.24. The molecule has 6 nitrogen and oxygen atoms in total. The maximum atomic E-state index is 13.1. The van der Waals surface area contributed by atoms with E-state index in [0.717, 1.165) is 27.9 Å². The number of hydrogen-bond acceptors (Lipinski definition) is 4. The van der Waals surface area contributed by atoms with Crippen molar-refractivity contribution in [2.75, 3.05) is 5.32 Å². The van der Waals surface area contributed by atoms with Crippen LogP contribution in [0, 0.1) is 25.2 Å². The first-order valence-corrected chi connectivity index (χ1v) is 9.71. The molecule has 30 heavy (non-hydrogen) atoms. The van der Waals surface area contributed by atoms with Crippen molar-refractivity contribution < 1.29 is 4.79 Å². The highest BCUT2D eigenvalue weighted by molar-refractivity contribution is 6.12. The normalized spacial score (nSPS) is 10.7. The molecular weight excluding hydrogens is 374 g/mol. The van der Waals surface area contributed by atoms with Crippen LogP contribution in [-0.2, 0) is 13.0 Å². The van der Waals surface area contributed by atoms with E-state index in [0.29, 0.717) is 29.9 Å². The van der Waals surface area contributed by atoms with Crippen LogP contribution in [0.25, 0.3) is 11.0 Å². The maximum Gasteiger partial charge on any atom is 0.256 e. The van der Waals surface area contributed by atoms with Gasteiger partial charge in [-0.2, -0.15) is 10.4 Å². The molecule has 4 rings (SSSR count). The molecule has 6 heteroatoms. The number of aryl methyl sites for hydroxylation is 2. The van der Waals surface area contributed by atoms with E-state index >= 15 is 0 Å². The van der Waals surface area contributed by atoms with Crippen molar-refractivity contribution in [1.82, 2.24) is 14.8 Å². The quantitative estimate of drug-likeness (QED) is 0.542. The number of nitriles is 1. The number of fused-ring (bicyclic) bond motifs is 1. The maximum absolute atomic E-state index is 13.1. The van der Waals surface area contributed by atoms with Gasteiger partial charge in [-0.05, 0) is 43.2 Å². The zero-order valence-electron chi connectivity index (χ0n) is 16.9. The van der Waals surface area contributed by atoms with Gasteiger partial charge in [-0.15, -0.1) is 0 Å². The second-order valence-corrected chi connectivity index (χ2v) is 7.22. The smallest absolute Gasteiger partial charge is 0.256 e. The first-order valence-electron chi connectivity index (χ1n) is 9.71. The van der Waals surface area contributed by atoms with Gasteiger partial charge >= 0.3 is 0 Å². The molecule has 0 atom stereocenters. The molecule has 148 valence electrons. The molecule has 0 aliphatic rings. The van der Waals surface area contributed by atoms with Crippen molar-refractivity contribution in [3.8, 4) is 6.07 Å². The summed E-state index contributed by atoms with van der Waals surface area (Å²) in [6.07, 6.45) is 0.345. The lowest BCUT2D eigenvalue weighted by Crippen LogP contribution is -2.13. The molecule has 4 aromatic rings. The summed E-state index contributed by atoms with van der Waals surface area (Å²) in [6.45, 7) is 4.36. The Bertz CT molecular complexity index is 1250. The topological polar surface area (TPSA) is 83.6 Å². The van der Waals surface area contributed by atoms with E-state index in [1.165, 1.54) is 0 Å². The SMILES string of the molecule is Cc1cc(C(=O)Nc2ccc(CC#N)cc2)c2c(C)nn(Cc3ccccc3)c2n1. The Morgan fingerprint density at radius 3 is 2.50 bits per heavy atom. The summed E-state index contributed by atoms with van der Waals surface area (Å²) in [6, 6.07) is 21.3. The molecule has 2 aromatic heterocycles. The minimum atomic E-state index is -0.208. The minimum absolute atomic E-state index is 0.208. The fraction of sp³-hybridized carbons (Fsp3) is 0.167. The lowest BCUT2D eigenvalue weighted by atomic mass is 10.1. The highest BCUT2D eigenvalue weighted by Gasteiger charge is 2.19. The molecule has 0 spiro atoms. The number of aromatic nitrogens is 3. The van der Waals surface area contributed by atoms with Crippen LogP contribution in [-0.4, -0.2) is 20.7 Å². The van der Waals surface area contributed by atoms with Gasteiger partial charge < -0.3 is 5.32 Å². The molecule has 2 heterocycles. The molecule has 1 N–H and O–H groups in total. The minimum Gasteiger partial charge on any atom is -0.322 e. The van der Waals surface area contributed by atoms with Crippen LogP contribution in [0.4, 0.5) is 5.69 Å². The molecule has 0 bridgehead atoms. The van der Waals surface area contributed by atoms with Crippen molar-refractivity contribution in [3.63, 3.8) is 0 Å². The number of carbonyl (C=O) groups is 1. The largest absolute Gasteiger partial charge is 0.322 e. The molecule has 0 fully saturated rings. The average molecular weight is 395 g/mol. The van der Waals surface area contributed by atoms with Gasteiger partial charge in [-0.25, -0.2) is 9.67 Å². The van der Waals surface area contributed by atoms with E-state index in [2.05, 4.69) is 21.5 Å². The Morgan fingerprint density at radius 1 is 1.07 bits per heavy atom. The van der Waals surface area contributed by atoms with Gasteiger partial charge in [-0.1, -0.05) is 42.5 Å². The Hall–Kier alpha value is -3.98. The summed E-state index contributed by atoms with van der Waals surface area (Å²) in [4.78, 5) is 17.7. The van der Waals surface area contributed by atoms with Gasteiger partial charge in [0.1, 0.15) is 0 Å². The molecule has 0 radical (unpaired) electrons. The molecule has 0 saturated heterocycles. The Balaban J connectivity index is 1.68.